The Hall–Kier alpha value is -3.90. The number of carbonyl (C=O) groups is 2. The number of aromatic nitrogens is 1. The highest BCUT2D eigenvalue weighted by Gasteiger charge is 2.34. The highest BCUT2D eigenvalue weighted by Crippen LogP contribution is 2.32. The number of benzene rings is 2. The first-order valence-electron chi connectivity index (χ1n) is 11.0. The summed E-state index contributed by atoms with van der Waals surface area (Å²) in [6, 6.07) is 9.77. The van der Waals surface area contributed by atoms with Crippen molar-refractivity contribution in [1.29, 1.82) is 0 Å². The van der Waals surface area contributed by atoms with E-state index in [1.54, 1.807) is 44.2 Å². The molecule has 0 saturated heterocycles. The lowest BCUT2D eigenvalue weighted by Crippen LogP contribution is -2.40. The monoisotopic (exact) mass is 585 g/mol. The van der Waals surface area contributed by atoms with E-state index in [1.165, 1.54) is 29.7 Å². The van der Waals surface area contributed by atoms with Gasteiger partial charge in [0.05, 0.1) is 33.4 Å². The summed E-state index contributed by atoms with van der Waals surface area (Å²) in [6.45, 7) is 4.66. The molecule has 3 aromatic rings. The van der Waals surface area contributed by atoms with Gasteiger partial charge in [-0.3, -0.25) is 24.3 Å². The van der Waals surface area contributed by atoms with Gasteiger partial charge in [-0.05, 0) is 43.7 Å². The van der Waals surface area contributed by atoms with Gasteiger partial charge in [0.2, 0.25) is 0 Å². The van der Waals surface area contributed by atoms with Crippen molar-refractivity contribution in [3.8, 4) is 5.75 Å². The number of ether oxygens (including phenoxy) is 2. The van der Waals surface area contributed by atoms with Crippen LogP contribution in [0.3, 0.4) is 0 Å². The van der Waals surface area contributed by atoms with Crippen molar-refractivity contribution in [3.63, 3.8) is 0 Å². The van der Waals surface area contributed by atoms with Crippen molar-refractivity contribution in [1.82, 2.24) is 4.57 Å². The summed E-state index contributed by atoms with van der Waals surface area (Å²) in [7, 11) is 0. The highest BCUT2D eigenvalue weighted by atomic mass is 79.9. The van der Waals surface area contributed by atoms with E-state index in [9.17, 15) is 24.5 Å². The number of hydrogen-bond acceptors (Lipinski definition) is 9. The molecule has 0 unspecified atom stereocenters. The molecule has 1 aliphatic heterocycles. The lowest BCUT2D eigenvalue weighted by atomic mass is 9.95. The van der Waals surface area contributed by atoms with E-state index in [4.69, 9.17) is 9.47 Å². The molecule has 2 aromatic carbocycles. The summed E-state index contributed by atoms with van der Waals surface area (Å²) >= 11 is 4.47. The average Bonchev–Trinajstić information content (AvgIpc) is 3.14. The zero-order valence-electron chi connectivity index (χ0n) is 19.9. The molecule has 0 fully saturated rings. The van der Waals surface area contributed by atoms with Gasteiger partial charge in [0.25, 0.3) is 11.2 Å². The van der Waals surface area contributed by atoms with Crippen LogP contribution in [0.25, 0.3) is 6.08 Å². The van der Waals surface area contributed by atoms with Crippen LogP contribution in [0.15, 0.2) is 68.0 Å². The van der Waals surface area contributed by atoms with E-state index in [0.29, 0.717) is 26.1 Å². The molecule has 37 heavy (non-hydrogen) atoms. The van der Waals surface area contributed by atoms with Gasteiger partial charge in [0.15, 0.2) is 4.80 Å². The Bertz CT molecular complexity index is 1660. The summed E-state index contributed by atoms with van der Waals surface area (Å²) in [5, 5.41) is 11.4. The van der Waals surface area contributed by atoms with E-state index < -0.39 is 28.5 Å². The number of nitro groups is 1. The van der Waals surface area contributed by atoms with E-state index in [2.05, 4.69) is 20.9 Å². The average molecular weight is 586 g/mol. The molecule has 0 radical (unpaired) electrons. The van der Waals surface area contributed by atoms with Crippen molar-refractivity contribution in [2.45, 2.75) is 26.8 Å². The molecule has 1 aromatic heterocycles. The maximum atomic E-state index is 13.7. The molecule has 1 aliphatic rings. The van der Waals surface area contributed by atoms with Crippen LogP contribution in [0.2, 0.25) is 0 Å². The lowest BCUT2D eigenvalue weighted by molar-refractivity contribution is -0.384. The van der Waals surface area contributed by atoms with Crippen molar-refractivity contribution in [2.24, 2.45) is 4.99 Å². The van der Waals surface area contributed by atoms with E-state index in [-0.39, 0.29) is 28.1 Å². The van der Waals surface area contributed by atoms with Gasteiger partial charge in [-0.2, -0.15) is 0 Å². The zero-order valence-corrected chi connectivity index (χ0v) is 22.3. The minimum Gasteiger partial charge on any atom is -0.463 e. The second-order valence-corrected chi connectivity index (χ2v) is 9.85. The largest absolute Gasteiger partial charge is 0.463 e. The number of halogens is 1. The Morgan fingerprint density at radius 2 is 2.03 bits per heavy atom. The van der Waals surface area contributed by atoms with E-state index in [0.717, 1.165) is 11.3 Å². The molecule has 0 saturated carbocycles. The maximum absolute atomic E-state index is 13.7. The molecule has 12 heteroatoms. The molecule has 0 bridgehead atoms. The van der Waals surface area contributed by atoms with Crippen molar-refractivity contribution >= 4 is 51.0 Å². The van der Waals surface area contributed by atoms with Crippen molar-refractivity contribution in [3.05, 3.63) is 99.1 Å². The fourth-order valence-electron chi connectivity index (χ4n) is 3.94. The molecule has 0 aliphatic carbocycles. The molecule has 0 amide bonds. The number of fused-ring (bicyclic) bond motifs is 1. The number of esters is 2. The van der Waals surface area contributed by atoms with Gasteiger partial charge in [0, 0.05) is 29.1 Å². The van der Waals surface area contributed by atoms with Crippen LogP contribution in [-0.4, -0.2) is 28.0 Å². The Balaban J connectivity index is 1.98. The van der Waals surface area contributed by atoms with Gasteiger partial charge >= 0.3 is 11.9 Å². The smallest absolute Gasteiger partial charge is 0.338 e. The number of nitro benzene ring substituents is 1. The lowest BCUT2D eigenvalue weighted by Gasteiger charge is -2.24. The van der Waals surface area contributed by atoms with Gasteiger partial charge in [0.1, 0.15) is 5.75 Å². The van der Waals surface area contributed by atoms with Gasteiger partial charge in [-0.1, -0.05) is 39.4 Å². The molecule has 0 N–H and O–H groups in total. The molecule has 4 rings (SSSR count). The second-order valence-electron chi connectivity index (χ2n) is 7.93. The van der Waals surface area contributed by atoms with Crippen molar-refractivity contribution < 1.29 is 24.0 Å². The summed E-state index contributed by atoms with van der Waals surface area (Å²) < 4.78 is 12.8. The third-order valence-electron chi connectivity index (χ3n) is 5.43. The number of nitrogens with zero attached hydrogens (tertiary/aromatic N) is 3. The van der Waals surface area contributed by atoms with Gasteiger partial charge in [-0.15, -0.1) is 0 Å². The first-order valence-corrected chi connectivity index (χ1v) is 12.6. The van der Waals surface area contributed by atoms with Crippen molar-refractivity contribution in [2.75, 3.05) is 6.61 Å². The Labute approximate surface area is 222 Å². The van der Waals surface area contributed by atoms with Gasteiger partial charge in [-0.25, -0.2) is 9.79 Å². The van der Waals surface area contributed by atoms with Crippen LogP contribution < -0.4 is 19.6 Å². The fourth-order valence-corrected chi connectivity index (χ4v) is 5.35. The van der Waals surface area contributed by atoms with E-state index >= 15 is 0 Å². The Kier molecular flexibility index (Phi) is 7.50. The van der Waals surface area contributed by atoms with Crippen LogP contribution in [0.1, 0.15) is 37.9 Å². The van der Waals surface area contributed by atoms with Crippen LogP contribution >= 0.6 is 27.3 Å². The third-order valence-corrected chi connectivity index (χ3v) is 6.90. The number of rotatable bonds is 6. The van der Waals surface area contributed by atoms with Crippen LogP contribution in [-0.2, 0) is 14.3 Å². The third kappa shape index (κ3) is 5.30. The first kappa shape index (κ1) is 26.2. The molecule has 190 valence electrons. The molecular weight excluding hydrogens is 566 g/mol. The molecule has 1 atom stereocenters. The summed E-state index contributed by atoms with van der Waals surface area (Å²) in [6.07, 6.45) is 1.57. The fraction of sp³-hybridized carbons (Fsp3) is 0.200. The minimum absolute atomic E-state index is 0.101. The normalized spacial score (nSPS) is 15.1. The topological polar surface area (TPSA) is 130 Å². The van der Waals surface area contributed by atoms with Crippen LogP contribution in [0.5, 0.6) is 5.75 Å². The zero-order chi connectivity index (χ0) is 26.9. The van der Waals surface area contributed by atoms with Crippen LogP contribution in [0, 0.1) is 10.1 Å². The Morgan fingerprint density at radius 1 is 1.27 bits per heavy atom. The maximum Gasteiger partial charge on any atom is 0.338 e. The summed E-state index contributed by atoms with van der Waals surface area (Å²) in [5.74, 6) is -0.919. The highest BCUT2D eigenvalue weighted by molar-refractivity contribution is 9.10. The molecule has 2 heterocycles. The minimum atomic E-state index is -0.993. The van der Waals surface area contributed by atoms with E-state index in [1.807, 2.05) is 0 Å². The number of non-ortho nitro benzene ring substituents is 1. The number of carbonyl (C=O) groups excluding carboxylic acids is 2. The quantitative estimate of drug-likeness (QED) is 0.187. The first-order chi connectivity index (χ1) is 17.6. The van der Waals surface area contributed by atoms with Crippen LogP contribution in [0.4, 0.5) is 5.69 Å². The summed E-state index contributed by atoms with van der Waals surface area (Å²) in [4.78, 5) is 54.0. The second kappa shape index (κ2) is 10.6. The SMILES string of the molecule is CCOC(=O)C1=C(C)N=c2s/c(=C/c3cc(Br)ccc3OC(C)=O)c(=O)n2[C@@H]1c1cccc([N+](=O)[O-])c1. The predicted octanol–water partition coefficient (Wildman–Crippen LogP) is 3.39. The summed E-state index contributed by atoms with van der Waals surface area (Å²) in [5.41, 5.74) is 0.640. The molecular formula is C25H20BrN3O7S. The standard InChI is InChI=1S/C25H20BrN3O7S/c1-4-35-24(32)21-13(2)27-25-28(22(21)15-6-5-7-18(11-15)29(33)34)23(31)20(37-25)12-16-10-17(26)8-9-19(16)36-14(3)30/h5-12,22H,4H2,1-3H3/b20-12+/t22-/m1/s1. The number of thiazole rings is 1. The molecule has 0 spiro atoms. The Morgan fingerprint density at radius 3 is 2.70 bits per heavy atom. The molecule has 10 nitrogen and oxygen atoms in total. The number of allylic oxidation sites excluding steroid dienone is 1. The number of hydrogen-bond donors (Lipinski definition) is 0. The van der Waals surface area contributed by atoms with Gasteiger partial charge < -0.3 is 9.47 Å². The predicted molar refractivity (Wildman–Crippen MR) is 139 cm³/mol.